The highest BCUT2D eigenvalue weighted by Crippen LogP contribution is 2.37. The average molecular weight is 562 g/mol. The van der Waals surface area contributed by atoms with Gasteiger partial charge in [-0.25, -0.2) is 8.78 Å². The first-order valence-corrected chi connectivity index (χ1v) is 14.4. The molecule has 5 rings (SSSR count). The number of piperidine rings is 1. The van der Waals surface area contributed by atoms with Crippen molar-refractivity contribution in [1.29, 1.82) is 0 Å². The van der Waals surface area contributed by atoms with Crippen molar-refractivity contribution in [2.75, 3.05) is 26.8 Å². The molecule has 6 nitrogen and oxygen atoms in total. The number of halogens is 2. The monoisotopic (exact) mass is 561 g/mol. The molecule has 0 spiro atoms. The Balaban J connectivity index is 1.24. The highest BCUT2D eigenvalue weighted by Gasteiger charge is 2.29. The van der Waals surface area contributed by atoms with E-state index in [0.717, 1.165) is 48.1 Å². The van der Waals surface area contributed by atoms with Crippen molar-refractivity contribution in [2.24, 2.45) is 0 Å². The number of carbonyl (C=O) groups is 1. The predicted octanol–water partition coefficient (Wildman–Crippen LogP) is 6.35. The van der Waals surface area contributed by atoms with Crippen molar-refractivity contribution in [3.8, 4) is 11.1 Å². The van der Waals surface area contributed by atoms with Gasteiger partial charge in [0.25, 0.3) is 0 Å². The summed E-state index contributed by atoms with van der Waals surface area (Å²) in [6.45, 7) is 4.65. The molecule has 1 unspecified atom stereocenters. The minimum atomic E-state index is -0.316. The molecule has 0 radical (unpaired) electrons. The summed E-state index contributed by atoms with van der Waals surface area (Å²) in [5, 5.41) is 0.664. The van der Waals surface area contributed by atoms with Gasteiger partial charge in [0.15, 0.2) is 0 Å². The number of carbonyl (C=O) groups excluding carboxylic acids is 1. The number of benzene rings is 2. The van der Waals surface area contributed by atoms with E-state index in [1.54, 1.807) is 31.5 Å². The van der Waals surface area contributed by atoms with Crippen LogP contribution < -0.4 is 5.56 Å². The van der Waals surface area contributed by atoms with Gasteiger partial charge in [0.05, 0.1) is 5.52 Å². The van der Waals surface area contributed by atoms with E-state index in [1.807, 2.05) is 24.0 Å². The molecule has 2 aromatic heterocycles. The van der Waals surface area contributed by atoms with E-state index >= 15 is 0 Å². The number of aryl methyl sites for hydroxylation is 3. The Morgan fingerprint density at radius 1 is 1.07 bits per heavy atom. The van der Waals surface area contributed by atoms with Gasteiger partial charge >= 0.3 is 0 Å². The number of rotatable bonds is 10. The number of likely N-dealkylation sites (tertiary alicyclic amines) is 1. The van der Waals surface area contributed by atoms with E-state index in [4.69, 9.17) is 4.74 Å². The van der Waals surface area contributed by atoms with Gasteiger partial charge in [-0.15, -0.1) is 0 Å². The summed E-state index contributed by atoms with van der Waals surface area (Å²) in [4.78, 5) is 29.1. The molecular formula is C33H37F2N3O3. The van der Waals surface area contributed by atoms with E-state index in [-0.39, 0.29) is 29.0 Å². The second-order valence-corrected chi connectivity index (χ2v) is 10.9. The number of amides is 1. The largest absolute Gasteiger partial charge is 0.385 e. The van der Waals surface area contributed by atoms with Crippen LogP contribution in [0.2, 0.25) is 0 Å². The van der Waals surface area contributed by atoms with Crippen LogP contribution in [0, 0.1) is 18.6 Å². The maximum Gasteiger partial charge on any atom is 0.247 e. The maximum atomic E-state index is 14.9. The van der Waals surface area contributed by atoms with Crippen LogP contribution in [0.4, 0.5) is 8.78 Å². The summed E-state index contributed by atoms with van der Waals surface area (Å²) in [7, 11) is 1.68. The number of ether oxygens (including phenoxy) is 1. The predicted molar refractivity (Wildman–Crippen MR) is 157 cm³/mol. The molecule has 8 heteroatoms. The zero-order valence-corrected chi connectivity index (χ0v) is 23.7. The Morgan fingerprint density at radius 3 is 2.66 bits per heavy atom. The van der Waals surface area contributed by atoms with Gasteiger partial charge in [-0.05, 0) is 85.5 Å². The third-order valence-corrected chi connectivity index (χ3v) is 8.23. The molecule has 1 aliphatic heterocycles. The van der Waals surface area contributed by atoms with Crippen LogP contribution in [0.1, 0.15) is 54.8 Å². The Morgan fingerprint density at radius 2 is 1.90 bits per heavy atom. The molecule has 0 saturated carbocycles. The van der Waals surface area contributed by atoms with E-state index < -0.39 is 0 Å². The molecule has 216 valence electrons. The van der Waals surface area contributed by atoms with E-state index in [0.29, 0.717) is 55.5 Å². The zero-order chi connectivity index (χ0) is 28.9. The molecule has 1 aliphatic rings. The SMILES string of the molecule is COCCCn1c(C2CCCN(C(=O)CCCc3ccc(-c4ccc(=O)[nH]c4)cc3F)C2)c(C)c2c(F)cccc21. The van der Waals surface area contributed by atoms with Crippen molar-refractivity contribution in [3.63, 3.8) is 0 Å². The minimum absolute atomic E-state index is 0.0749. The van der Waals surface area contributed by atoms with Crippen molar-refractivity contribution in [3.05, 3.63) is 93.5 Å². The number of H-pyrrole nitrogens is 1. The second kappa shape index (κ2) is 12.8. The molecular weight excluding hydrogens is 524 g/mol. The summed E-state index contributed by atoms with van der Waals surface area (Å²) in [5.41, 5.74) is 4.75. The van der Waals surface area contributed by atoms with E-state index in [1.165, 1.54) is 18.2 Å². The fourth-order valence-corrected chi connectivity index (χ4v) is 6.24. The number of hydrogen-bond donors (Lipinski definition) is 1. The molecule has 41 heavy (non-hydrogen) atoms. The third-order valence-electron chi connectivity index (χ3n) is 8.23. The van der Waals surface area contributed by atoms with Crippen molar-refractivity contribution in [1.82, 2.24) is 14.5 Å². The van der Waals surface area contributed by atoms with Crippen LogP contribution in [0.5, 0.6) is 0 Å². The molecule has 4 aromatic rings. The van der Waals surface area contributed by atoms with E-state index in [9.17, 15) is 18.4 Å². The van der Waals surface area contributed by atoms with Gasteiger partial charge < -0.3 is 19.2 Å². The molecule has 2 aromatic carbocycles. The molecule has 1 fully saturated rings. The molecule has 3 heterocycles. The lowest BCUT2D eigenvalue weighted by Crippen LogP contribution is -2.39. The fourth-order valence-electron chi connectivity index (χ4n) is 6.24. The van der Waals surface area contributed by atoms with Gasteiger partial charge in [-0.2, -0.15) is 0 Å². The normalized spacial score (nSPS) is 15.5. The molecule has 0 bridgehead atoms. The lowest BCUT2D eigenvalue weighted by Gasteiger charge is -2.34. The highest BCUT2D eigenvalue weighted by atomic mass is 19.1. The third kappa shape index (κ3) is 6.27. The number of aromatic amines is 1. The number of hydrogen-bond acceptors (Lipinski definition) is 3. The van der Waals surface area contributed by atoms with Gasteiger partial charge in [-0.1, -0.05) is 18.2 Å². The summed E-state index contributed by atoms with van der Waals surface area (Å²) in [5.74, 6) is -0.330. The standard InChI is InChI=1S/C33H37F2N3O3/c1-22-32-27(34)9-4-10-29(32)38(17-6-18-41-2)33(22)26-8-5-16-37(21-26)31(40)11-3-7-23-12-13-24(19-28(23)35)25-14-15-30(39)36-20-25/h4,9-10,12-15,19-20,26H,3,5-8,11,16-18,21H2,1-2H3,(H,36,39). The summed E-state index contributed by atoms with van der Waals surface area (Å²) in [6, 6.07) is 13.4. The van der Waals surface area contributed by atoms with Crippen molar-refractivity contribution >= 4 is 16.8 Å². The van der Waals surface area contributed by atoms with Crippen LogP contribution in [0.3, 0.4) is 0 Å². The molecule has 1 saturated heterocycles. The van der Waals surface area contributed by atoms with Crippen LogP contribution in [0.25, 0.3) is 22.0 Å². The molecule has 1 amide bonds. The maximum absolute atomic E-state index is 14.9. The van der Waals surface area contributed by atoms with Gasteiger partial charge in [0.1, 0.15) is 11.6 Å². The first-order chi connectivity index (χ1) is 19.9. The first-order valence-electron chi connectivity index (χ1n) is 14.4. The summed E-state index contributed by atoms with van der Waals surface area (Å²) in [6.07, 6.45) is 5.58. The van der Waals surface area contributed by atoms with Crippen molar-refractivity contribution < 1.29 is 18.3 Å². The van der Waals surface area contributed by atoms with E-state index in [2.05, 4.69) is 9.55 Å². The number of aromatic nitrogens is 2. The quantitative estimate of drug-likeness (QED) is 0.230. The Labute approximate surface area is 238 Å². The number of fused-ring (bicyclic) bond motifs is 1. The van der Waals surface area contributed by atoms with Crippen LogP contribution in [-0.2, 0) is 22.5 Å². The Hall–Kier alpha value is -3.78. The van der Waals surface area contributed by atoms with Crippen LogP contribution >= 0.6 is 0 Å². The lowest BCUT2D eigenvalue weighted by molar-refractivity contribution is -0.132. The molecule has 1 atom stereocenters. The number of pyridine rings is 1. The van der Waals surface area contributed by atoms with Gasteiger partial charge in [0, 0.05) is 69.0 Å². The minimum Gasteiger partial charge on any atom is -0.385 e. The number of methoxy groups -OCH3 is 1. The summed E-state index contributed by atoms with van der Waals surface area (Å²) >= 11 is 0. The molecule has 0 aliphatic carbocycles. The number of nitrogens with one attached hydrogen (secondary N) is 1. The zero-order valence-electron chi connectivity index (χ0n) is 23.7. The lowest BCUT2D eigenvalue weighted by atomic mass is 9.91. The highest BCUT2D eigenvalue weighted by molar-refractivity contribution is 5.86. The van der Waals surface area contributed by atoms with Gasteiger partial charge in [-0.3, -0.25) is 9.59 Å². The Kier molecular flexibility index (Phi) is 8.98. The second-order valence-electron chi connectivity index (χ2n) is 10.9. The summed E-state index contributed by atoms with van der Waals surface area (Å²) < 4.78 is 37.2. The average Bonchev–Trinajstić information content (AvgIpc) is 3.26. The molecule has 1 N–H and O–H groups in total. The smallest absolute Gasteiger partial charge is 0.247 e. The number of nitrogens with zero attached hydrogens (tertiary/aromatic N) is 2. The van der Waals surface area contributed by atoms with Crippen LogP contribution in [-0.4, -0.2) is 47.2 Å². The fraction of sp³-hybridized carbons (Fsp3) is 0.394. The van der Waals surface area contributed by atoms with Gasteiger partial charge in [0.2, 0.25) is 11.5 Å². The van der Waals surface area contributed by atoms with Crippen molar-refractivity contribution in [2.45, 2.75) is 57.9 Å². The first kappa shape index (κ1) is 28.7. The Bertz CT molecular complexity index is 1570. The van der Waals surface area contributed by atoms with Crippen LogP contribution in [0.15, 0.2) is 59.5 Å². The topological polar surface area (TPSA) is 67.3 Å².